The maximum absolute atomic E-state index is 11.9. The van der Waals surface area contributed by atoms with E-state index in [-0.39, 0.29) is 12.5 Å². The van der Waals surface area contributed by atoms with Gasteiger partial charge in [-0.25, -0.2) is 5.43 Å². The molecule has 0 heterocycles. The van der Waals surface area contributed by atoms with Gasteiger partial charge in [0.25, 0.3) is 5.91 Å². The Morgan fingerprint density at radius 1 is 1.43 bits per heavy atom. The third-order valence-corrected chi connectivity index (χ3v) is 3.98. The zero-order chi connectivity index (χ0) is 16.8. The molecule has 0 bridgehead atoms. The van der Waals surface area contributed by atoms with Gasteiger partial charge in [0.2, 0.25) is 0 Å². The molecule has 4 heteroatoms. The van der Waals surface area contributed by atoms with Gasteiger partial charge in [-0.2, -0.15) is 5.10 Å². The molecule has 0 spiro atoms. The van der Waals surface area contributed by atoms with Crippen molar-refractivity contribution in [2.75, 3.05) is 6.61 Å². The van der Waals surface area contributed by atoms with Crippen molar-refractivity contribution in [1.82, 2.24) is 5.43 Å². The minimum atomic E-state index is -0.260. The second kappa shape index (κ2) is 7.77. The van der Waals surface area contributed by atoms with Gasteiger partial charge < -0.3 is 4.74 Å². The van der Waals surface area contributed by atoms with E-state index in [0.717, 1.165) is 35.3 Å². The summed E-state index contributed by atoms with van der Waals surface area (Å²) in [7, 11) is 0. The summed E-state index contributed by atoms with van der Waals surface area (Å²) in [5.74, 6) is 0.825. The molecule has 1 N–H and O–H groups in total. The minimum absolute atomic E-state index is 0.0487. The van der Waals surface area contributed by atoms with Gasteiger partial charge in [-0.15, -0.1) is 0 Å². The zero-order valence-corrected chi connectivity index (χ0v) is 14.1. The number of benzene rings is 1. The predicted octanol–water partition coefficient (Wildman–Crippen LogP) is 3.78. The maximum atomic E-state index is 11.9. The molecular weight excluding hydrogens is 288 g/mol. The molecule has 4 nitrogen and oxygen atoms in total. The fourth-order valence-electron chi connectivity index (χ4n) is 2.44. The fraction of sp³-hybridized carbons (Fsp3) is 0.368. The number of ether oxygens (including phenoxy) is 1. The third-order valence-electron chi connectivity index (χ3n) is 3.98. The van der Waals surface area contributed by atoms with Crippen molar-refractivity contribution >= 4 is 11.6 Å². The molecule has 0 saturated carbocycles. The van der Waals surface area contributed by atoms with E-state index in [1.54, 1.807) is 0 Å². The molecule has 1 amide bonds. The van der Waals surface area contributed by atoms with Gasteiger partial charge >= 0.3 is 0 Å². The topological polar surface area (TPSA) is 50.7 Å². The molecule has 1 aromatic carbocycles. The number of hydrogen-bond acceptors (Lipinski definition) is 3. The van der Waals surface area contributed by atoms with E-state index < -0.39 is 0 Å². The van der Waals surface area contributed by atoms with Crippen molar-refractivity contribution < 1.29 is 9.53 Å². The standard InChI is InChI=1S/C19H24N2O2/c1-13(2)16-9-8-15(4)18(11-16)20-21-19(22)12-23-17-7-5-6-14(3)10-17/h5-8,10,16H,1,9,11-12H2,2-4H3,(H,21,22)/t16-/m0/s1. The zero-order valence-electron chi connectivity index (χ0n) is 14.1. The summed E-state index contributed by atoms with van der Waals surface area (Å²) in [6.07, 6.45) is 3.96. The van der Waals surface area contributed by atoms with Gasteiger partial charge in [0, 0.05) is 0 Å². The van der Waals surface area contributed by atoms with Crippen LogP contribution in [0.5, 0.6) is 5.75 Å². The summed E-state index contributed by atoms with van der Waals surface area (Å²) in [4.78, 5) is 11.9. The number of hydrazone groups is 1. The Morgan fingerprint density at radius 2 is 2.22 bits per heavy atom. The normalized spacial score (nSPS) is 19.2. The van der Waals surface area contributed by atoms with E-state index in [2.05, 4.69) is 23.2 Å². The summed E-state index contributed by atoms with van der Waals surface area (Å²) >= 11 is 0. The SMILES string of the molecule is C=C(C)[C@H]1CC=C(C)C(=NNC(=O)COc2cccc(C)c2)C1. The summed E-state index contributed by atoms with van der Waals surface area (Å²) < 4.78 is 5.46. The molecule has 2 rings (SSSR count). The molecule has 0 aromatic heterocycles. The maximum Gasteiger partial charge on any atom is 0.277 e. The van der Waals surface area contributed by atoms with Crippen LogP contribution in [0, 0.1) is 12.8 Å². The van der Waals surface area contributed by atoms with E-state index in [1.165, 1.54) is 0 Å². The number of aryl methyl sites for hydroxylation is 1. The van der Waals surface area contributed by atoms with Crippen LogP contribution in [0.15, 0.2) is 53.2 Å². The summed E-state index contributed by atoms with van der Waals surface area (Å²) in [6, 6.07) is 7.61. The highest BCUT2D eigenvalue weighted by atomic mass is 16.5. The molecule has 0 unspecified atom stereocenters. The predicted molar refractivity (Wildman–Crippen MR) is 93.5 cm³/mol. The Kier molecular flexibility index (Phi) is 5.74. The van der Waals surface area contributed by atoms with Gasteiger partial charge in [-0.05, 0) is 62.8 Å². The van der Waals surface area contributed by atoms with Crippen LogP contribution in [0.3, 0.4) is 0 Å². The van der Waals surface area contributed by atoms with E-state index in [0.29, 0.717) is 11.7 Å². The second-order valence-electron chi connectivity index (χ2n) is 6.07. The van der Waals surface area contributed by atoms with Crippen molar-refractivity contribution in [1.29, 1.82) is 0 Å². The summed E-state index contributed by atoms with van der Waals surface area (Å²) in [5, 5.41) is 4.25. The first kappa shape index (κ1) is 17.0. The van der Waals surface area contributed by atoms with Crippen molar-refractivity contribution in [3.05, 3.63) is 53.6 Å². The lowest BCUT2D eigenvalue weighted by molar-refractivity contribution is -0.123. The second-order valence-corrected chi connectivity index (χ2v) is 6.07. The van der Waals surface area contributed by atoms with Gasteiger partial charge in [0.1, 0.15) is 5.75 Å². The number of rotatable bonds is 5. The fourth-order valence-corrected chi connectivity index (χ4v) is 2.44. The quantitative estimate of drug-likeness (QED) is 0.664. The molecule has 122 valence electrons. The van der Waals surface area contributed by atoms with Crippen molar-refractivity contribution in [2.45, 2.75) is 33.6 Å². The molecule has 0 saturated heterocycles. The number of allylic oxidation sites excluding steroid dienone is 3. The van der Waals surface area contributed by atoms with E-state index in [9.17, 15) is 4.79 Å². The van der Waals surface area contributed by atoms with Crippen LogP contribution < -0.4 is 10.2 Å². The van der Waals surface area contributed by atoms with Crippen LogP contribution in [0.2, 0.25) is 0 Å². The lowest BCUT2D eigenvalue weighted by atomic mass is 9.85. The first-order valence-electron chi connectivity index (χ1n) is 7.83. The first-order valence-corrected chi connectivity index (χ1v) is 7.83. The van der Waals surface area contributed by atoms with Gasteiger partial charge in [-0.3, -0.25) is 4.79 Å². The Bertz CT molecular complexity index is 659. The highest BCUT2D eigenvalue weighted by molar-refractivity contribution is 6.01. The average Bonchev–Trinajstić information content (AvgIpc) is 2.52. The monoisotopic (exact) mass is 312 g/mol. The minimum Gasteiger partial charge on any atom is -0.484 e. The van der Waals surface area contributed by atoms with E-state index in [4.69, 9.17) is 4.74 Å². The Balaban J connectivity index is 1.88. The average molecular weight is 312 g/mol. The number of carbonyl (C=O) groups excluding carboxylic acids is 1. The highest BCUT2D eigenvalue weighted by Crippen LogP contribution is 2.26. The lowest BCUT2D eigenvalue weighted by Crippen LogP contribution is -2.27. The highest BCUT2D eigenvalue weighted by Gasteiger charge is 2.18. The molecule has 1 aliphatic carbocycles. The Hall–Kier alpha value is -2.36. The molecule has 1 aromatic rings. The Morgan fingerprint density at radius 3 is 2.91 bits per heavy atom. The number of amides is 1. The van der Waals surface area contributed by atoms with Crippen molar-refractivity contribution in [2.24, 2.45) is 11.0 Å². The van der Waals surface area contributed by atoms with Crippen LogP contribution in [-0.4, -0.2) is 18.2 Å². The van der Waals surface area contributed by atoms with Gasteiger partial charge in [0.15, 0.2) is 6.61 Å². The molecular formula is C19H24N2O2. The number of carbonyl (C=O) groups is 1. The molecule has 23 heavy (non-hydrogen) atoms. The number of nitrogens with one attached hydrogen (secondary N) is 1. The van der Waals surface area contributed by atoms with Crippen LogP contribution >= 0.6 is 0 Å². The van der Waals surface area contributed by atoms with Crippen LogP contribution in [0.25, 0.3) is 0 Å². The molecule has 0 aliphatic heterocycles. The third kappa shape index (κ3) is 5.09. The molecule has 0 radical (unpaired) electrons. The van der Waals surface area contributed by atoms with Crippen LogP contribution in [0.1, 0.15) is 32.3 Å². The summed E-state index contributed by atoms with van der Waals surface area (Å²) in [6.45, 7) is 9.99. The van der Waals surface area contributed by atoms with Gasteiger partial charge in [-0.1, -0.05) is 30.4 Å². The molecule has 1 atom stereocenters. The smallest absolute Gasteiger partial charge is 0.277 e. The van der Waals surface area contributed by atoms with Crippen molar-refractivity contribution in [3.8, 4) is 5.75 Å². The molecule has 0 fully saturated rings. The largest absolute Gasteiger partial charge is 0.484 e. The van der Waals surface area contributed by atoms with E-state index >= 15 is 0 Å². The number of hydrogen-bond donors (Lipinski definition) is 1. The van der Waals surface area contributed by atoms with Crippen LogP contribution in [-0.2, 0) is 4.79 Å². The summed E-state index contributed by atoms with van der Waals surface area (Å²) in [5.41, 5.74) is 6.85. The van der Waals surface area contributed by atoms with Crippen molar-refractivity contribution in [3.63, 3.8) is 0 Å². The molecule has 1 aliphatic rings. The van der Waals surface area contributed by atoms with Crippen LogP contribution in [0.4, 0.5) is 0 Å². The number of nitrogens with zero attached hydrogens (tertiary/aromatic N) is 1. The Labute approximate surface area is 137 Å². The van der Waals surface area contributed by atoms with E-state index in [1.807, 2.05) is 45.0 Å². The first-order chi connectivity index (χ1) is 11.0. The lowest BCUT2D eigenvalue weighted by Gasteiger charge is -2.22. The van der Waals surface area contributed by atoms with Gasteiger partial charge in [0.05, 0.1) is 5.71 Å².